The number of pyridine rings is 1. The summed E-state index contributed by atoms with van der Waals surface area (Å²) in [6.45, 7) is 5.41. The summed E-state index contributed by atoms with van der Waals surface area (Å²) in [5, 5.41) is 22.0. The molecule has 0 bridgehead atoms. The van der Waals surface area contributed by atoms with Gasteiger partial charge in [0.25, 0.3) is 5.91 Å². The largest absolute Gasteiger partial charge is 0.465 e. The van der Waals surface area contributed by atoms with Gasteiger partial charge in [-0.05, 0) is 69.9 Å². The molecule has 0 unspecified atom stereocenters. The van der Waals surface area contributed by atoms with Gasteiger partial charge in [0.05, 0.1) is 11.1 Å². The molecule has 2 atom stereocenters. The van der Waals surface area contributed by atoms with Crippen LogP contribution in [0.25, 0.3) is 0 Å². The molecule has 1 saturated carbocycles. The third kappa shape index (κ3) is 4.93. The van der Waals surface area contributed by atoms with Crippen molar-refractivity contribution in [1.29, 1.82) is 5.26 Å². The fourth-order valence-corrected chi connectivity index (χ4v) is 6.39. The molecule has 0 saturated heterocycles. The van der Waals surface area contributed by atoms with E-state index in [1.54, 1.807) is 26.8 Å². The van der Waals surface area contributed by atoms with Crippen LogP contribution in [0.1, 0.15) is 68.1 Å². The molecule has 8 nitrogen and oxygen atoms in total. The molecule has 1 aromatic heterocycles. The number of carbonyl (C=O) groups is 2. The number of nitrogens with one attached hydrogen (secondary N) is 1. The van der Waals surface area contributed by atoms with Crippen molar-refractivity contribution in [2.75, 3.05) is 11.1 Å². The number of halogens is 1. The number of rotatable bonds is 3. The predicted molar refractivity (Wildman–Crippen MR) is 136 cm³/mol. The van der Waals surface area contributed by atoms with Crippen molar-refractivity contribution in [3.05, 3.63) is 59.2 Å². The Balaban J connectivity index is 1.74. The zero-order valence-electron chi connectivity index (χ0n) is 20.4. The maximum atomic E-state index is 15.4. The van der Waals surface area contributed by atoms with Crippen molar-refractivity contribution in [1.82, 2.24) is 9.88 Å². The number of aromatic nitrogens is 1. The quantitative estimate of drug-likeness (QED) is 0.555. The summed E-state index contributed by atoms with van der Waals surface area (Å²) in [6.07, 6.45) is 3.50. The molecule has 2 amide bonds. The topological polar surface area (TPSA) is 119 Å². The lowest BCUT2D eigenvalue weighted by Crippen LogP contribution is -2.52. The molecule has 1 fully saturated rings. The molecule has 36 heavy (non-hydrogen) atoms. The van der Waals surface area contributed by atoms with Crippen LogP contribution in [-0.2, 0) is 5.54 Å². The minimum atomic E-state index is -1.10. The minimum Gasteiger partial charge on any atom is -0.465 e. The van der Waals surface area contributed by atoms with Gasteiger partial charge >= 0.3 is 6.09 Å². The second kappa shape index (κ2) is 9.90. The van der Waals surface area contributed by atoms with E-state index in [9.17, 15) is 14.7 Å². The lowest BCUT2D eigenvalue weighted by molar-refractivity contribution is 0.102. The summed E-state index contributed by atoms with van der Waals surface area (Å²) in [4.78, 5) is 35.1. The first kappa shape index (κ1) is 25.6. The molecule has 2 heterocycles. The van der Waals surface area contributed by atoms with Crippen LogP contribution in [0.15, 0.2) is 41.5 Å². The van der Waals surface area contributed by atoms with Crippen molar-refractivity contribution in [2.45, 2.75) is 57.5 Å². The van der Waals surface area contributed by atoms with Crippen LogP contribution in [0, 0.1) is 23.1 Å². The molecule has 2 aromatic rings. The van der Waals surface area contributed by atoms with Crippen LogP contribution < -0.4 is 5.32 Å². The molecule has 0 radical (unpaired) electrons. The number of hydrogen-bond donors (Lipinski definition) is 2. The number of hydrogen-bond acceptors (Lipinski definition) is 6. The predicted octanol–water partition coefficient (Wildman–Crippen LogP) is 5.61. The average molecular weight is 510 g/mol. The minimum absolute atomic E-state index is 0.0382. The number of fused-ring (bicyclic) bond motifs is 1. The number of anilines is 1. The maximum absolute atomic E-state index is 15.4. The van der Waals surface area contributed by atoms with Gasteiger partial charge in [0.1, 0.15) is 17.6 Å². The van der Waals surface area contributed by atoms with Crippen LogP contribution in [0.2, 0.25) is 0 Å². The number of benzene rings is 1. The van der Waals surface area contributed by atoms with E-state index in [0.717, 1.165) is 19.3 Å². The number of carboxylic acid groups (broad SMARTS) is 1. The molecule has 1 aliphatic heterocycles. The number of carbonyl (C=O) groups excluding carboxylic acids is 1. The van der Waals surface area contributed by atoms with Crippen molar-refractivity contribution in [2.24, 2.45) is 10.9 Å². The first-order chi connectivity index (χ1) is 17.0. The van der Waals surface area contributed by atoms with Gasteiger partial charge in [0.15, 0.2) is 5.17 Å². The lowest BCUT2D eigenvalue weighted by atomic mass is 9.69. The highest BCUT2D eigenvalue weighted by Gasteiger charge is 2.48. The van der Waals surface area contributed by atoms with E-state index >= 15 is 4.39 Å². The van der Waals surface area contributed by atoms with E-state index in [0.29, 0.717) is 34.2 Å². The van der Waals surface area contributed by atoms with Crippen molar-refractivity contribution in [3.8, 4) is 6.07 Å². The third-order valence-corrected chi connectivity index (χ3v) is 7.71. The van der Waals surface area contributed by atoms with Gasteiger partial charge in [-0.1, -0.05) is 24.6 Å². The van der Waals surface area contributed by atoms with Gasteiger partial charge in [0.2, 0.25) is 0 Å². The van der Waals surface area contributed by atoms with Gasteiger partial charge in [-0.2, -0.15) is 5.26 Å². The Morgan fingerprint density at radius 2 is 2.06 bits per heavy atom. The summed E-state index contributed by atoms with van der Waals surface area (Å²) in [5.41, 5.74) is -0.423. The van der Waals surface area contributed by atoms with Gasteiger partial charge < -0.3 is 10.4 Å². The highest BCUT2D eigenvalue weighted by atomic mass is 32.2. The maximum Gasteiger partial charge on any atom is 0.413 e. The van der Waals surface area contributed by atoms with Crippen LogP contribution >= 0.6 is 11.8 Å². The van der Waals surface area contributed by atoms with Gasteiger partial charge in [-0.3, -0.25) is 14.7 Å². The Bertz CT molecular complexity index is 1250. The molecular weight excluding hydrogens is 481 g/mol. The summed E-state index contributed by atoms with van der Waals surface area (Å²) in [7, 11) is 0. The zero-order chi connectivity index (χ0) is 26.1. The van der Waals surface area contributed by atoms with Crippen molar-refractivity contribution in [3.63, 3.8) is 0 Å². The highest BCUT2D eigenvalue weighted by molar-refractivity contribution is 8.13. The molecule has 2 aliphatic rings. The molecule has 1 aliphatic carbocycles. The second-order valence-electron chi connectivity index (χ2n) is 10.1. The van der Waals surface area contributed by atoms with Crippen LogP contribution in [-0.4, -0.2) is 43.5 Å². The summed E-state index contributed by atoms with van der Waals surface area (Å²) >= 11 is 1.40. The summed E-state index contributed by atoms with van der Waals surface area (Å²) < 4.78 is 15.4. The molecular formula is C26H28FN5O3S. The summed E-state index contributed by atoms with van der Waals surface area (Å²) in [6, 6.07) is 9.31. The lowest BCUT2D eigenvalue weighted by Gasteiger charge is -2.47. The average Bonchev–Trinajstić information content (AvgIpc) is 2.84. The van der Waals surface area contributed by atoms with Crippen molar-refractivity contribution < 1.29 is 19.1 Å². The number of thioether (sulfide) groups is 1. The molecule has 188 valence electrons. The van der Waals surface area contributed by atoms with E-state index in [2.05, 4.69) is 10.3 Å². The Morgan fingerprint density at radius 1 is 1.28 bits per heavy atom. The van der Waals surface area contributed by atoms with E-state index in [-0.39, 0.29) is 11.6 Å². The number of amidine groups is 1. The number of aliphatic imine (C=N–C) groups is 1. The van der Waals surface area contributed by atoms with Gasteiger partial charge in [0, 0.05) is 28.7 Å². The Hall–Kier alpha value is -3.45. The molecule has 2 N–H and O–H groups in total. The van der Waals surface area contributed by atoms with Crippen LogP contribution in [0.3, 0.4) is 0 Å². The van der Waals surface area contributed by atoms with Crippen LogP contribution in [0.4, 0.5) is 14.9 Å². The molecule has 10 heteroatoms. The first-order valence-corrected chi connectivity index (χ1v) is 12.8. The Kier molecular flexibility index (Phi) is 7.05. The molecule has 1 aromatic carbocycles. The number of nitriles is 1. The van der Waals surface area contributed by atoms with Gasteiger partial charge in [-0.15, -0.1) is 0 Å². The standard InChI is InChI=1S/C26H28FN5O3S/c1-25(2,3)32(24(34)35)23-31-26(11-5-4-6-17(26)15-36-23)19-12-18(8-9-20(19)27)30-22(33)21-10-7-16(13-28)14-29-21/h7-10,12,14,17H,4-6,11,15H2,1-3H3,(H,30,33)(H,34,35)/t17-,26-/m0/s1. The van der Waals surface area contributed by atoms with E-state index in [4.69, 9.17) is 10.3 Å². The fourth-order valence-electron chi connectivity index (χ4n) is 4.88. The SMILES string of the molecule is CC(C)(C)N(C(=O)O)C1=N[C@@]2(c3cc(NC(=O)c4ccc(C#N)cn4)ccc3F)CCCC[C@H]2CS1. The highest BCUT2D eigenvalue weighted by Crippen LogP contribution is 2.51. The second-order valence-corrected chi connectivity index (χ2v) is 11.0. The molecule has 4 rings (SSSR count). The van der Waals surface area contributed by atoms with Gasteiger partial charge in [-0.25, -0.2) is 14.2 Å². The number of nitrogens with zero attached hydrogens (tertiary/aromatic N) is 4. The number of amides is 2. The van der Waals surface area contributed by atoms with Crippen molar-refractivity contribution >= 4 is 34.6 Å². The zero-order valence-corrected chi connectivity index (χ0v) is 21.2. The Labute approximate surface area is 213 Å². The smallest absolute Gasteiger partial charge is 0.413 e. The monoisotopic (exact) mass is 509 g/mol. The molecule has 0 spiro atoms. The first-order valence-electron chi connectivity index (χ1n) is 11.8. The normalized spacial score (nSPS) is 21.5. The van der Waals surface area contributed by atoms with Crippen LogP contribution in [0.5, 0.6) is 0 Å². The summed E-state index contributed by atoms with van der Waals surface area (Å²) in [5.74, 6) is -0.257. The van der Waals surface area contributed by atoms with E-state index in [1.807, 2.05) is 6.07 Å². The Morgan fingerprint density at radius 3 is 2.69 bits per heavy atom. The third-order valence-electron chi connectivity index (χ3n) is 6.61. The van der Waals surface area contributed by atoms with E-state index in [1.165, 1.54) is 47.1 Å². The fraction of sp³-hybridized carbons (Fsp3) is 0.423. The van der Waals surface area contributed by atoms with E-state index < -0.39 is 28.9 Å².